The molecule has 0 radical (unpaired) electrons. The number of anilines is 3. The Kier molecular flexibility index (Phi) is 7.37. The summed E-state index contributed by atoms with van der Waals surface area (Å²) in [6, 6.07) is 19.8. The molecule has 7 nitrogen and oxygen atoms in total. The first kappa shape index (κ1) is 24.7. The number of sulfonamides is 1. The van der Waals surface area contributed by atoms with Gasteiger partial charge in [0.1, 0.15) is 5.82 Å². The first-order valence-electron chi connectivity index (χ1n) is 11.4. The van der Waals surface area contributed by atoms with Crippen LogP contribution in [0, 0.1) is 5.82 Å². The highest BCUT2D eigenvalue weighted by atomic mass is 32.2. The quantitative estimate of drug-likeness (QED) is 0.539. The van der Waals surface area contributed by atoms with E-state index in [0.29, 0.717) is 22.5 Å². The number of carbonyl (C=O) groups excluding carboxylic acids is 1. The second-order valence-corrected chi connectivity index (χ2v) is 10.6. The van der Waals surface area contributed by atoms with E-state index in [2.05, 4.69) is 22.2 Å². The minimum Gasteiger partial charge on any atom is -0.369 e. The maximum absolute atomic E-state index is 13.2. The van der Waals surface area contributed by atoms with E-state index in [0.717, 1.165) is 38.1 Å². The first-order chi connectivity index (χ1) is 16.7. The van der Waals surface area contributed by atoms with Gasteiger partial charge in [0.15, 0.2) is 0 Å². The number of hydrogen-bond acceptors (Lipinski definition) is 5. The summed E-state index contributed by atoms with van der Waals surface area (Å²) in [6.07, 6.45) is 1.11. The van der Waals surface area contributed by atoms with Gasteiger partial charge in [0.05, 0.1) is 18.5 Å². The smallest absolute Gasteiger partial charge is 0.255 e. The lowest BCUT2D eigenvalue weighted by molar-refractivity contribution is 0.102. The van der Waals surface area contributed by atoms with Crippen molar-refractivity contribution in [3.63, 3.8) is 0 Å². The Balaban J connectivity index is 1.42. The average molecular weight is 497 g/mol. The van der Waals surface area contributed by atoms with Crippen LogP contribution in [0.3, 0.4) is 0 Å². The topological polar surface area (TPSA) is 73.0 Å². The maximum Gasteiger partial charge on any atom is 0.255 e. The Morgan fingerprint density at radius 3 is 2.09 bits per heavy atom. The summed E-state index contributed by atoms with van der Waals surface area (Å²) in [7, 11) is -1.47. The molecule has 0 atom stereocenters. The largest absolute Gasteiger partial charge is 0.369 e. The Morgan fingerprint density at radius 2 is 1.51 bits per heavy atom. The van der Waals surface area contributed by atoms with Crippen molar-refractivity contribution in [1.29, 1.82) is 0 Å². The summed E-state index contributed by atoms with van der Waals surface area (Å²) in [5.41, 5.74) is 3.30. The number of nitrogens with zero attached hydrogens (tertiary/aromatic N) is 3. The van der Waals surface area contributed by atoms with E-state index in [4.69, 9.17) is 0 Å². The van der Waals surface area contributed by atoms with Gasteiger partial charge < -0.3 is 15.1 Å². The number of likely N-dealkylation sites (N-methyl/N-ethyl adjacent to an activating group) is 1. The van der Waals surface area contributed by atoms with Crippen molar-refractivity contribution >= 4 is 33.0 Å². The SMILES string of the molecule is CN1CCN(c2ccc(NC(=O)c3ccc(N(Cc4ccc(F)cc4)S(C)(=O)=O)cc3)cc2)CC1. The van der Waals surface area contributed by atoms with E-state index in [-0.39, 0.29) is 18.3 Å². The molecule has 0 bridgehead atoms. The second kappa shape index (κ2) is 10.5. The van der Waals surface area contributed by atoms with E-state index in [1.54, 1.807) is 36.4 Å². The summed E-state index contributed by atoms with van der Waals surface area (Å²) in [5.74, 6) is -0.669. The van der Waals surface area contributed by atoms with Gasteiger partial charge >= 0.3 is 0 Å². The Morgan fingerprint density at radius 1 is 0.914 bits per heavy atom. The van der Waals surface area contributed by atoms with Gasteiger partial charge in [0.2, 0.25) is 10.0 Å². The third kappa shape index (κ3) is 6.37. The van der Waals surface area contributed by atoms with Gasteiger partial charge in [-0.1, -0.05) is 12.1 Å². The van der Waals surface area contributed by atoms with Crippen molar-refractivity contribution in [2.24, 2.45) is 0 Å². The molecule has 0 spiro atoms. The van der Waals surface area contributed by atoms with Gasteiger partial charge in [0.25, 0.3) is 5.91 Å². The number of benzene rings is 3. The van der Waals surface area contributed by atoms with Gasteiger partial charge in [0, 0.05) is 43.1 Å². The van der Waals surface area contributed by atoms with Crippen molar-refractivity contribution < 1.29 is 17.6 Å². The second-order valence-electron chi connectivity index (χ2n) is 8.73. The zero-order valence-corrected chi connectivity index (χ0v) is 20.6. The highest BCUT2D eigenvalue weighted by Crippen LogP contribution is 2.23. The fourth-order valence-electron chi connectivity index (χ4n) is 3.96. The lowest BCUT2D eigenvalue weighted by atomic mass is 10.1. The molecule has 3 aromatic carbocycles. The number of carbonyl (C=O) groups is 1. The summed E-state index contributed by atoms with van der Waals surface area (Å²) >= 11 is 0. The van der Waals surface area contributed by atoms with Crippen LogP contribution in [0.5, 0.6) is 0 Å². The molecule has 9 heteroatoms. The van der Waals surface area contributed by atoms with Gasteiger partial charge in [-0.2, -0.15) is 0 Å². The highest BCUT2D eigenvalue weighted by molar-refractivity contribution is 7.92. The van der Waals surface area contributed by atoms with Crippen LogP contribution in [0.4, 0.5) is 21.5 Å². The number of hydrogen-bond donors (Lipinski definition) is 1. The predicted octanol–water partition coefficient (Wildman–Crippen LogP) is 3.80. The molecule has 1 amide bonds. The van der Waals surface area contributed by atoms with Crippen LogP contribution in [0.15, 0.2) is 72.8 Å². The summed E-state index contributed by atoms with van der Waals surface area (Å²) in [6.45, 7) is 4.05. The maximum atomic E-state index is 13.2. The van der Waals surface area contributed by atoms with Crippen molar-refractivity contribution in [3.8, 4) is 0 Å². The van der Waals surface area contributed by atoms with Crippen LogP contribution in [0.1, 0.15) is 15.9 Å². The van der Waals surface area contributed by atoms with Gasteiger partial charge in [-0.05, 0) is 73.3 Å². The van der Waals surface area contributed by atoms with E-state index < -0.39 is 10.0 Å². The normalized spacial score (nSPS) is 14.5. The Hall–Kier alpha value is -3.43. The molecule has 0 saturated carbocycles. The minimum atomic E-state index is -3.59. The van der Waals surface area contributed by atoms with E-state index in [1.165, 1.54) is 16.4 Å². The molecule has 3 aromatic rings. The van der Waals surface area contributed by atoms with Gasteiger partial charge in [-0.25, -0.2) is 12.8 Å². The number of rotatable bonds is 7. The third-order valence-electron chi connectivity index (χ3n) is 6.05. The molecule has 1 saturated heterocycles. The first-order valence-corrected chi connectivity index (χ1v) is 13.2. The standard InChI is InChI=1S/C26H29FN4O3S/c1-29-15-17-30(18-16-29)24-13-9-23(10-14-24)28-26(32)21-5-11-25(12-6-21)31(35(2,33)34)19-20-3-7-22(27)8-4-20/h3-14H,15-19H2,1-2H3,(H,28,32). The zero-order chi connectivity index (χ0) is 25.0. The highest BCUT2D eigenvalue weighted by Gasteiger charge is 2.19. The van der Waals surface area contributed by atoms with Crippen LogP contribution in [-0.2, 0) is 16.6 Å². The molecular weight excluding hydrogens is 467 g/mol. The molecule has 1 heterocycles. The lowest BCUT2D eigenvalue weighted by Gasteiger charge is -2.34. The molecule has 35 heavy (non-hydrogen) atoms. The molecule has 184 valence electrons. The molecular formula is C26H29FN4O3S. The van der Waals surface area contributed by atoms with Crippen LogP contribution < -0.4 is 14.5 Å². The molecule has 0 aliphatic carbocycles. The van der Waals surface area contributed by atoms with Crippen LogP contribution in [-0.4, -0.2) is 58.7 Å². The van der Waals surface area contributed by atoms with Crippen molar-refractivity contribution in [2.75, 3.05) is 54.0 Å². The average Bonchev–Trinajstić information content (AvgIpc) is 2.84. The molecule has 0 unspecified atom stereocenters. The van der Waals surface area contributed by atoms with E-state index in [1.807, 2.05) is 24.3 Å². The molecule has 1 aliphatic rings. The zero-order valence-electron chi connectivity index (χ0n) is 19.8. The molecule has 1 aliphatic heterocycles. The van der Waals surface area contributed by atoms with E-state index >= 15 is 0 Å². The van der Waals surface area contributed by atoms with E-state index in [9.17, 15) is 17.6 Å². The van der Waals surface area contributed by atoms with Crippen molar-refractivity contribution in [1.82, 2.24) is 4.90 Å². The summed E-state index contributed by atoms with van der Waals surface area (Å²) in [5, 5.41) is 2.89. The monoisotopic (exact) mass is 496 g/mol. The number of piperazine rings is 1. The van der Waals surface area contributed by atoms with Gasteiger partial charge in [-0.3, -0.25) is 9.10 Å². The number of halogens is 1. The molecule has 0 aromatic heterocycles. The van der Waals surface area contributed by atoms with Gasteiger partial charge in [-0.15, -0.1) is 0 Å². The molecule has 4 rings (SSSR count). The van der Waals surface area contributed by atoms with Crippen LogP contribution in [0.25, 0.3) is 0 Å². The third-order valence-corrected chi connectivity index (χ3v) is 7.19. The predicted molar refractivity (Wildman–Crippen MR) is 138 cm³/mol. The summed E-state index contributed by atoms with van der Waals surface area (Å²) in [4.78, 5) is 17.4. The Labute approximate surface area is 205 Å². The van der Waals surface area contributed by atoms with Crippen LogP contribution >= 0.6 is 0 Å². The Bertz CT molecular complexity index is 1260. The van der Waals surface area contributed by atoms with Crippen molar-refractivity contribution in [2.45, 2.75) is 6.54 Å². The number of nitrogens with one attached hydrogen (secondary N) is 1. The van der Waals surface area contributed by atoms with Crippen LogP contribution in [0.2, 0.25) is 0 Å². The molecule has 1 N–H and O–H groups in total. The molecule has 1 fully saturated rings. The van der Waals surface area contributed by atoms with Crippen molar-refractivity contribution in [3.05, 3.63) is 89.7 Å². The minimum absolute atomic E-state index is 0.0598. The number of amides is 1. The summed E-state index contributed by atoms with van der Waals surface area (Å²) < 4.78 is 39.2. The lowest BCUT2D eigenvalue weighted by Crippen LogP contribution is -2.44. The fraction of sp³-hybridized carbons (Fsp3) is 0.269. The fourth-order valence-corrected chi connectivity index (χ4v) is 4.85.